The molecule has 2 aromatic carbocycles. The molecule has 3 rings (SSSR count). The van der Waals surface area contributed by atoms with Crippen LogP contribution in [0.5, 0.6) is 0 Å². The Morgan fingerprint density at radius 2 is 0.962 bits per heavy atom. The Morgan fingerprint density at radius 3 is 1.27 bits per heavy atom. The molecule has 0 aliphatic heterocycles. The molecule has 0 heterocycles. The van der Waals surface area contributed by atoms with Crippen LogP contribution in [0.25, 0.3) is 0 Å². The van der Waals surface area contributed by atoms with Crippen molar-refractivity contribution in [2.45, 2.75) is 36.9 Å². The molecule has 0 bridgehead atoms. The zero-order chi connectivity index (χ0) is 18.3. The molecule has 0 saturated heterocycles. The highest BCUT2D eigenvalue weighted by atomic mass is 16.7. The van der Waals surface area contributed by atoms with Crippen LogP contribution in [-0.4, -0.2) is 27.8 Å². The largest absolute Gasteiger partial charge is 0.359 e. The van der Waals surface area contributed by atoms with E-state index >= 15 is 0 Å². The number of ether oxygens (including phenoxy) is 4. The summed E-state index contributed by atoms with van der Waals surface area (Å²) in [5.41, 5.74) is 1.72. The number of hydrogen-bond acceptors (Lipinski definition) is 4. The highest BCUT2D eigenvalue weighted by molar-refractivity contribution is 5.28. The van der Waals surface area contributed by atoms with E-state index in [1.165, 1.54) is 11.1 Å². The average molecular weight is 356 g/mol. The van der Waals surface area contributed by atoms with Crippen LogP contribution in [0.15, 0.2) is 60.7 Å². The van der Waals surface area contributed by atoms with Crippen molar-refractivity contribution in [3.63, 3.8) is 0 Å². The molecule has 26 heavy (non-hydrogen) atoms. The number of benzene rings is 2. The molecule has 1 aliphatic rings. The van der Waals surface area contributed by atoms with E-state index in [9.17, 15) is 0 Å². The fraction of sp³-hybridized carbons (Fsp3) is 0.455. The average Bonchev–Trinajstić information content (AvgIpc) is 2.73. The summed E-state index contributed by atoms with van der Waals surface area (Å²) in [6, 6.07) is 20.9. The molecule has 140 valence electrons. The maximum atomic E-state index is 6.23. The minimum Gasteiger partial charge on any atom is -0.359 e. The van der Waals surface area contributed by atoms with Crippen LogP contribution in [0.2, 0.25) is 0 Å². The van der Waals surface area contributed by atoms with E-state index in [1.54, 1.807) is 14.2 Å². The van der Waals surface area contributed by atoms with E-state index in [4.69, 9.17) is 18.9 Å². The van der Waals surface area contributed by atoms with Crippen molar-refractivity contribution in [3.05, 3.63) is 71.8 Å². The lowest BCUT2D eigenvalue weighted by Crippen LogP contribution is -2.43. The Hall–Kier alpha value is -1.72. The van der Waals surface area contributed by atoms with Crippen LogP contribution in [0, 0.1) is 0 Å². The van der Waals surface area contributed by atoms with Crippen LogP contribution in [0.4, 0.5) is 0 Å². The SMILES string of the molecule is COCOC1(c2ccccc2)CCC(OCOC)(c2ccccc2)CC1. The van der Waals surface area contributed by atoms with Crippen molar-refractivity contribution in [2.75, 3.05) is 27.8 Å². The van der Waals surface area contributed by atoms with Gasteiger partial charge in [-0.25, -0.2) is 0 Å². The molecule has 1 saturated carbocycles. The number of methoxy groups -OCH3 is 2. The van der Waals surface area contributed by atoms with Crippen LogP contribution in [0.3, 0.4) is 0 Å². The summed E-state index contributed by atoms with van der Waals surface area (Å²) in [6.45, 7) is 0.568. The van der Waals surface area contributed by atoms with Gasteiger partial charge in [0.15, 0.2) is 0 Å². The molecule has 0 atom stereocenters. The molecule has 0 aromatic heterocycles. The normalized spacial score (nSPS) is 25.9. The zero-order valence-electron chi connectivity index (χ0n) is 15.6. The summed E-state index contributed by atoms with van der Waals surface area (Å²) in [4.78, 5) is 0. The first-order valence-electron chi connectivity index (χ1n) is 9.12. The Bertz CT molecular complexity index is 589. The second kappa shape index (κ2) is 8.78. The number of rotatable bonds is 8. The van der Waals surface area contributed by atoms with Crippen LogP contribution in [0.1, 0.15) is 36.8 Å². The molecule has 4 nitrogen and oxygen atoms in total. The molecular weight excluding hydrogens is 328 g/mol. The van der Waals surface area contributed by atoms with E-state index in [1.807, 2.05) is 12.1 Å². The quantitative estimate of drug-likeness (QED) is 0.648. The van der Waals surface area contributed by atoms with Crippen molar-refractivity contribution in [1.29, 1.82) is 0 Å². The van der Waals surface area contributed by atoms with E-state index in [0.717, 1.165) is 25.7 Å². The van der Waals surface area contributed by atoms with Gasteiger partial charge in [-0.2, -0.15) is 0 Å². The first kappa shape index (κ1) is 19.1. The predicted octanol–water partition coefficient (Wildman–Crippen LogP) is 4.59. The highest BCUT2D eigenvalue weighted by Gasteiger charge is 2.46. The summed E-state index contributed by atoms with van der Waals surface area (Å²) in [6.07, 6.45) is 3.44. The van der Waals surface area contributed by atoms with Crippen LogP contribution < -0.4 is 0 Å². The summed E-state index contributed by atoms with van der Waals surface area (Å²) in [7, 11) is 3.33. The van der Waals surface area contributed by atoms with Crippen LogP contribution >= 0.6 is 0 Å². The smallest absolute Gasteiger partial charge is 0.147 e. The molecule has 1 aliphatic carbocycles. The second-order valence-corrected chi connectivity index (χ2v) is 6.82. The lowest BCUT2D eigenvalue weighted by atomic mass is 9.70. The third-order valence-electron chi connectivity index (χ3n) is 5.37. The summed E-state index contributed by atoms with van der Waals surface area (Å²) in [5.74, 6) is 0. The van der Waals surface area contributed by atoms with Gasteiger partial charge in [0.1, 0.15) is 13.6 Å². The Morgan fingerprint density at radius 1 is 0.615 bits per heavy atom. The molecule has 0 N–H and O–H groups in total. The van der Waals surface area contributed by atoms with Gasteiger partial charge in [-0.1, -0.05) is 60.7 Å². The lowest BCUT2D eigenvalue weighted by molar-refractivity contribution is -0.203. The Labute approximate surface area is 156 Å². The Balaban J connectivity index is 1.86. The zero-order valence-corrected chi connectivity index (χ0v) is 15.6. The van der Waals surface area contributed by atoms with Crippen molar-refractivity contribution in [1.82, 2.24) is 0 Å². The van der Waals surface area contributed by atoms with Crippen molar-refractivity contribution < 1.29 is 18.9 Å². The minimum absolute atomic E-state index is 0.284. The second-order valence-electron chi connectivity index (χ2n) is 6.82. The number of hydrogen-bond donors (Lipinski definition) is 0. The third-order valence-corrected chi connectivity index (χ3v) is 5.37. The maximum absolute atomic E-state index is 6.23. The van der Waals surface area contributed by atoms with Crippen molar-refractivity contribution >= 4 is 0 Å². The third kappa shape index (κ3) is 3.99. The summed E-state index contributed by atoms with van der Waals surface area (Å²) >= 11 is 0. The van der Waals surface area contributed by atoms with Crippen molar-refractivity contribution in [2.24, 2.45) is 0 Å². The van der Waals surface area contributed by atoms with Crippen molar-refractivity contribution in [3.8, 4) is 0 Å². The standard InChI is InChI=1S/C22H28O4/c1-23-17-25-21(19-9-5-3-6-10-19)13-15-22(16-14-21,26-18-24-2)20-11-7-4-8-12-20/h3-12H,13-18H2,1-2H3. The predicted molar refractivity (Wildman–Crippen MR) is 101 cm³/mol. The summed E-state index contributed by atoms with van der Waals surface area (Å²) < 4.78 is 22.9. The highest BCUT2D eigenvalue weighted by Crippen LogP contribution is 2.49. The molecule has 2 aromatic rings. The molecule has 0 spiro atoms. The maximum Gasteiger partial charge on any atom is 0.147 e. The molecule has 4 heteroatoms. The van der Waals surface area contributed by atoms with Gasteiger partial charge in [0, 0.05) is 14.2 Å². The molecular formula is C22H28O4. The summed E-state index contributed by atoms with van der Waals surface area (Å²) in [5, 5.41) is 0. The molecule has 1 fully saturated rings. The molecule has 0 amide bonds. The first-order valence-corrected chi connectivity index (χ1v) is 9.12. The van der Waals surface area contributed by atoms with E-state index < -0.39 is 0 Å². The van der Waals surface area contributed by atoms with E-state index in [0.29, 0.717) is 0 Å². The monoisotopic (exact) mass is 356 g/mol. The topological polar surface area (TPSA) is 36.9 Å². The lowest BCUT2D eigenvalue weighted by Gasteiger charge is -2.46. The van der Waals surface area contributed by atoms with Gasteiger partial charge in [-0.05, 0) is 36.8 Å². The van der Waals surface area contributed by atoms with E-state index in [2.05, 4.69) is 48.5 Å². The van der Waals surface area contributed by atoms with Gasteiger partial charge in [0.2, 0.25) is 0 Å². The van der Waals surface area contributed by atoms with Gasteiger partial charge < -0.3 is 18.9 Å². The van der Waals surface area contributed by atoms with Gasteiger partial charge in [0.05, 0.1) is 11.2 Å². The Kier molecular flexibility index (Phi) is 6.43. The van der Waals surface area contributed by atoms with E-state index in [-0.39, 0.29) is 24.8 Å². The van der Waals surface area contributed by atoms with Crippen LogP contribution in [-0.2, 0) is 30.1 Å². The fourth-order valence-electron chi connectivity index (χ4n) is 3.92. The molecule has 0 unspecified atom stereocenters. The van der Waals surface area contributed by atoms with Gasteiger partial charge in [0.25, 0.3) is 0 Å². The first-order chi connectivity index (χ1) is 12.7. The van der Waals surface area contributed by atoms with Gasteiger partial charge in [-0.3, -0.25) is 0 Å². The van der Waals surface area contributed by atoms with Gasteiger partial charge in [-0.15, -0.1) is 0 Å². The minimum atomic E-state index is -0.341. The molecule has 0 radical (unpaired) electrons. The fourth-order valence-corrected chi connectivity index (χ4v) is 3.92. The van der Waals surface area contributed by atoms with Gasteiger partial charge >= 0.3 is 0 Å².